The largest absolute Gasteiger partial charge is 0.325 e. The van der Waals surface area contributed by atoms with Gasteiger partial charge in [0, 0.05) is 25.2 Å². The van der Waals surface area contributed by atoms with Crippen LogP contribution in [0.4, 0.5) is 5.69 Å². The lowest BCUT2D eigenvalue weighted by molar-refractivity contribution is -0.116. The van der Waals surface area contributed by atoms with E-state index < -0.39 is 0 Å². The standard InChI is InChI=1S/C14H21N3OS/c1-17(13-5-9-19-10-6-13)8-4-14(18)16-12-3-2-7-15-11-12/h2-3,7,11,13H,4-6,8-10H2,1H3,(H,16,18). The molecule has 2 rings (SSSR count). The molecule has 0 aromatic carbocycles. The van der Waals surface area contributed by atoms with Gasteiger partial charge >= 0.3 is 0 Å². The molecule has 4 nitrogen and oxygen atoms in total. The van der Waals surface area contributed by atoms with Crippen molar-refractivity contribution in [3.8, 4) is 0 Å². The first-order chi connectivity index (χ1) is 9.25. The van der Waals surface area contributed by atoms with E-state index in [4.69, 9.17) is 0 Å². The van der Waals surface area contributed by atoms with E-state index in [1.807, 2.05) is 23.9 Å². The quantitative estimate of drug-likeness (QED) is 0.898. The number of anilines is 1. The monoisotopic (exact) mass is 279 g/mol. The van der Waals surface area contributed by atoms with Crippen molar-refractivity contribution in [2.45, 2.75) is 25.3 Å². The van der Waals surface area contributed by atoms with Gasteiger partial charge in [-0.3, -0.25) is 9.78 Å². The number of hydrogen-bond donors (Lipinski definition) is 1. The van der Waals surface area contributed by atoms with Gasteiger partial charge in [0.25, 0.3) is 0 Å². The van der Waals surface area contributed by atoms with Crippen molar-refractivity contribution in [2.24, 2.45) is 0 Å². The molecule has 0 unspecified atom stereocenters. The van der Waals surface area contributed by atoms with E-state index in [0.717, 1.165) is 12.2 Å². The van der Waals surface area contributed by atoms with Crippen LogP contribution in [-0.4, -0.2) is 46.9 Å². The number of rotatable bonds is 5. The van der Waals surface area contributed by atoms with Crippen LogP contribution in [0.3, 0.4) is 0 Å². The molecule has 0 atom stereocenters. The van der Waals surface area contributed by atoms with E-state index in [1.165, 1.54) is 24.3 Å². The lowest BCUT2D eigenvalue weighted by Gasteiger charge is -2.30. The van der Waals surface area contributed by atoms with Gasteiger partial charge in [0.05, 0.1) is 11.9 Å². The SMILES string of the molecule is CN(CCC(=O)Nc1cccnc1)C1CCSCC1. The molecule has 1 aromatic heterocycles. The number of hydrogen-bond acceptors (Lipinski definition) is 4. The Bertz CT molecular complexity index is 393. The van der Waals surface area contributed by atoms with Gasteiger partial charge in [-0.1, -0.05) is 0 Å². The first-order valence-corrected chi connectivity index (χ1v) is 7.89. The van der Waals surface area contributed by atoms with E-state index in [1.54, 1.807) is 12.4 Å². The third kappa shape index (κ3) is 4.84. The van der Waals surface area contributed by atoms with E-state index in [2.05, 4.69) is 22.2 Å². The summed E-state index contributed by atoms with van der Waals surface area (Å²) in [7, 11) is 2.12. The number of amides is 1. The molecular formula is C14H21N3OS. The van der Waals surface area contributed by atoms with Crippen LogP contribution in [-0.2, 0) is 4.79 Å². The van der Waals surface area contributed by atoms with Crippen LogP contribution >= 0.6 is 11.8 Å². The average Bonchev–Trinajstić information content (AvgIpc) is 2.47. The maximum absolute atomic E-state index is 11.8. The lowest BCUT2D eigenvalue weighted by Crippen LogP contribution is -2.36. The molecule has 104 valence electrons. The summed E-state index contributed by atoms with van der Waals surface area (Å²) >= 11 is 2.03. The van der Waals surface area contributed by atoms with Crippen LogP contribution in [0.1, 0.15) is 19.3 Å². The summed E-state index contributed by atoms with van der Waals surface area (Å²) in [6, 6.07) is 4.32. The molecule has 19 heavy (non-hydrogen) atoms. The summed E-state index contributed by atoms with van der Waals surface area (Å²) < 4.78 is 0. The fourth-order valence-electron chi connectivity index (χ4n) is 2.25. The lowest BCUT2D eigenvalue weighted by atomic mass is 10.1. The second-order valence-corrected chi connectivity index (χ2v) is 6.09. The van der Waals surface area contributed by atoms with Crippen molar-refractivity contribution in [2.75, 3.05) is 30.4 Å². The number of nitrogens with one attached hydrogen (secondary N) is 1. The Hall–Kier alpha value is -1.07. The highest BCUT2D eigenvalue weighted by Crippen LogP contribution is 2.20. The third-order valence-electron chi connectivity index (χ3n) is 3.45. The van der Waals surface area contributed by atoms with Crippen molar-refractivity contribution in [3.63, 3.8) is 0 Å². The van der Waals surface area contributed by atoms with Gasteiger partial charge in [0.1, 0.15) is 0 Å². The van der Waals surface area contributed by atoms with Gasteiger partial charge < -0.3 is 10.2 Å². The van der Waals surface area contributed by atoms with Crippen LogP contribution in [0.15, 0.2) is 24.5 Å². The number of aromatic nitrogens is 1. The van der Waals surface area contributed by atoms with Crippen LogP contribution < -0.4 is 5.32 Å². The minimum absolute atomic E-state index is 0.0602. The summed E-state index contributed by atoms with van der Waals surface area (Å²) in [6.45, 7) is 0.821. The second-order valence-electron chi connectivity index (χ2n) is 4.86. The zero-order valence-corrected chi connectivity index (χ0v) is 12.2. The molecule has 0 aliphatic carbocycles. The van der Waals surface area contributed by atoms with Gasteiger partial charge in [0.2, 0.25) is 5.91 Å². The summed E-state index contributed by atoms with van der Waals surface area (Å²) in [5, 5.41) is 2.87. The van der Waals surface area contributed by atoms with Crippen molar-refractivity contribution >= 4 is 23.4 Å². The molecule has 1 aliphatic rings. The van der Waals surface area contributed by atoms with E-state index in [0.29, 0.717) is 12.5 Å². The Morgan fingerprint density at radius 3 is 3.00 bits per heavy atom. The Kier molecular flexibility index (Phi) is 5.66. The zero-order valence-electron chi connectivity index (χ0n) is 11.3. The number of carbonyl (C=O) groups excluding carboxylic acids is 1. The smallest absolute Gasteiger partial charge is 0.225 e. The second kappa shape index (κ2) is 7.50. The van der Waals surface area contributed by atoms with Crippen molar-refractivity contribution in [1.29, 1.82) is 0 Å². The predicted molar refractivity (Wildman–Crippen MR) is 80.5 cm³/mol. The zero-order chi connectivity index (χ0) is 13.5. The molecule has 1 amide bonds. The molecular weight excluding hydrogens is 258 g/mol. The number of nitrogens with zero attached hydrogens (tertiary/aromatic N) is 2. The Morgan fingerprint density at radius 1 is 1.53 bits per heavy atom. The molecule has 0 radical (unpaired) electrons. The fraction of sp³-hybridized carbons (Fsp3) is 0.571. The number of carbonyl (C=O) groups is 1. The van der Waals surface area contributed by atoms with Crippen LogP contribution in [0.25, 0.3) is 0 Å². The maximum Gasteiger partial charge on any atom is 0.225 e. The minimum atomic E-state index is 0.0602. The number of thioether (sulfide) groups is 1. The van der Waals surface area contributed by atoms with E-state index >= 15 is 0 Å². The van der Waals surface area contributed by atoms with E-state index in [-0.39, 0.29) is 5.91 Å². The molecule has 5 heteroatoms. The van der Waals surface area contributed by atoms with Crippen molar-refractivity contribution in [1.82, 2.24) is 9.88 Å². The summed E-state index contributed by atoms with van der Waals surface area (Å²) in [4.78, 5) is 18.1. The topological polar surface area (TPSA) is 45.2 Å². The van der Waals surface area contributed by atoms with Crippen LogP contribution in [0, 0.1) is 0 Å². The Morgan fingerprint density at radius 2 is 2.32 bits per heavy atom. The highest BCUT2D eigenvalue weighted by Gasteiger charge is 2.18. The Balaban J connectivity index is 1.71. The average molecular weight is 279 g/mol. The number of pyridine rings is 1. The molecule has 1 fully saturated rings. The van der Waals surface area contributed by atoms with Gasteiger partial charge in [-0.05, 0) is 43.5 Å². The molecule has 0 saturated carbocycles. The molecule has 0 spiro atoms. The first-order valence-electron chi connectivity index (χ1n) is 6.73. The van der Waals surface area contributed by atoms with Crippen molar-refractivity contribution in [3.05, 3.63) is 24.5 Å². The fourth-order valence-corrected chi connectivity index (χ4v) is 3.33. The highest BCUT2D eigenvalue weighted by atomic mass is 32.2. The minimum Gasteiger partial charge on any atom is -0.325 e. The van der Waals surface area contributed by atoms with Crippen LogP contribution in [0.2, 0.25) is 0 Å². The molecule has 2 heterocycles. The predicted octanol–water partition coefficient (Wildman–Crippen LogP) is 2.24. The molecule has 1 N–H and O–H groups in total. The maximum atomic E-state index is 11.8. The summed E-state index contributed by atoms with van der Waals surface area (Å²) in [5.41, 5.74) is 0.768. The highest BCUT2D eigenvalue weighted by molar-refractivity contribution is 7.99. The third-order valence-corrected chi connectivity index (χ3v) is 4.50. The normalized spacial score (nSPS) is 16.5. The molecule has 1 aromatic rings. The van der Waals surface area contributed by atoms with E-state index in [9.17, 15) is 4.79 Å². The van der Waals surface area contributed by atoms with Gasteiger partial charge in [0.15, 0.2) is 0 Å². The summed E-state index contributed by atoms with van der Waals surface area (Å²) in [6.07, 6.45) is 6.39. The Labute approximate surface area is 119 Å². The van der Waals surface area contributed by atoms with Gasteiger partial charge in [-0.2, -0.15) is 11.8 Å². The van der Waals surface area contributed by atoms with Crippen LogP contribution in [0.5, 0.6) is 0 Å². The summed E-state index contributed by atoms with van der Waals surface area (Å²) in [5.74, 6) is 2.55. The van der Waals surface area contributed by atoms with Gasteiger partial charge in [-0.25, -0.2) is 0 Å². The molecule has 1 saturated heterocycles. The first kappa shape index (κ1) is 14.3. The van der Waals surface area contributed by atoms with Gasteiger partial charge in [-0.15, -0.1) is 0 Å². The molecule has 1 aliphatic heterocycles. The molecule has 0 bridgehead atoms. The van der Waals surface area contributed by atoms with Crippen molar-refractivity contribution < 1.29 is 4.79 Å².